The summed E-state index contributed by atoms with van der Waals surface area (Å²) in [7, 11) is 0. The Labute approximate surface area is 133 Å². The number of carbonyl (C=O) groups is 1. The van der Waals surface area contributed by atoms with Crippen molar-refractivity contribution >= 4 is 32.6 Å². The standard InChI is InChI=1S/C18H16N2OS/c21-17(14-10-9-12-5-1-2-6-13(12)11-14)20-18-19-15-7-3-4-8-16(15)22-18/h3-4,7-11H,1-2,5-6H2,(H,19,20,21). The van der Waals surface area contributed by atoms with Gasteiger partial charge in [0.15, 0.2) is 5.13 Å². The van der Waals surface area contributed by atoms with E-state index < -0.39 is 0 Å². The SMILES string of the molecule is O=C(Nc1nc2ccccc2s1)c1ccc2c(c1)CCCC2. The van der Waals surface area contributed by atoms with Crippen molar-refractivity contribution in [1.82, 2.24) is 4.98 Å². The van der Waals surface area contributed by atoms with E-state index in [4.69, 9.17) is 0 Å². The first kappa shape index (κ1) is 13.5. The summed E-state index contributed by atoms with van der Waals surface area (Å²) in [6, 6.07) is 14.0. The summed E-state index contributed by atoms with van der Waals surface area (Å²) in [5.74, 6) is -0.0765. The highest BCUT2D eigenvalue weighted by Crippen LogP contribution is 2.26. The Balaban J connectivity index is 1.59. The van der Waals surface area contributed by atoms with Gasteiger partial charge in [-0.05, 0) is 61.1 Å². The highest BCUT2D eigenvalue weighted by Gasteiger charge is 2.14. The fraction of sp³-hybridized carbons (Fsp3) is 0.222. The van der Waals surface area contributed by atoms with E-state index in [1.165, 1.54) is 35.3 Å². The molecule has 1 heterocycles. The molecule has 22 heavy (non-hydrogen) atoms. The Morgan fingerprint density at radius 1 is 1.05 bits per heavy atom. The summed E-state index contributed by atoms with van der Waals surface area (Å²) in [5.41, 5.74) is 4.36. The van der Waals surface area contributed by atoms with Crippen molar-refractivity contribution in [3.63, 3.8) is 0 Å². The highest BCUT2D eigenvalue weighted by atomic mass is 32.1. The van der Waals surface area contributed by atoms with Gasteiger partial charge < -0.3 is 0 Å². The van der Waals surface area contributed by atoms with Crippen molar-refractivity contribution in [3.05, 3.63) is 59.2 Å². The predicted molar refractivity (Wildman–Crippen MR) is 90.7 cm³/mol. The topological polar surface area (TPSA) is 42.0 Å². The van der Waals surface area contributed by atoms with Gasteiger partial charge in [0.05, 0.1) is 10.2 Å². The van der Waals surface area contributed by atoms with Crippen LogP contribution in [0.1, 0.15) is 34.3 Å². The van der Waals surface area contributed by atoms with E-state index >= 15 is 0 Å². The van der Waals surface area contributed by atoms with Crippen LogP contribution in [0, 0.1) is 0 Å². The molecule has 3 nitrogen and oxygen atoms in total. The van der Waals surface area contributed by atoms with Crippen LogP contribution in [-0.2, 0) is 12.8 Å². The minimum Gasteiger partial charge on any atom is -0.298 e. The average molecular weight is 308 g/mol. The first-order chi connectivity index (χ1) is 10.8. The van der Waals surface area contributed by atoms with Crippen molar-refractivity contribution in [2.45, 2.75) is 25.7 Å². The largest absolute Gasteiger partial charge is 0.298 e. The number of para-hydroxylation sites is 1. The first-order valence-corrected chi connectivity index (χ1v) is 8.40. The van der Waals surface area contributed by atoms with Gasteiger partial charge in [0, 0.05) is 5.56 Å². The summed E-state index contributed by atoms with van der Waals surface area (Å²) in [6.45, 7) is 0. The molecule has 0 spiro atoms. The maximum Gasteiger partial charge on any atom is 0.257 e. The van der Waals surface area contributed by atoms with Crippen LogP contribution in [0.5, 0.6) is 0 Å². The number of anilines is 1. The summed E-state index contributed by atoms with van der Waals surface area (Å²) in [6.07, 6.45) is 4.69. The van der Waals surface area contributed by atoms with Gasteiger partial charge in [0.2, 0.25) is 0 Å². The molecule has 0 atom stereocenters. The second-order valence-corrected chi connectivity index (χ2v) is 6.66. The van der Waals surface area contributed by atoms with Gasteiger partial charge >= 0.3 is 0 Å². The van der Waals surface area contributed by atoms with Crippen LogP contribution in [0.25, 0.3) is 10.2 Å². The van der Waals surface area contributed by atoms with E-state index in [9.17, 15) is 4.79 Å². The molecule has 0 saturated heterocycles. The molecule has 4 rings (SSSR count). The maximum atomic E-state index is 12.4. The summed E-state index contributed by atoms with van der Waals surface area (Å²) < 4.78 is 1.09. The molecule has 0 saturated carbocycles. The molecule has 0 aliphatic heterocycles. The highest BCUT2D eigenvalue weighted by molar-refractivity contribution is 7.22. The third-order valence-corrected chi connectivity index (χ3v) is 5.08. The van der Waals surface area contributed by atoms with E-state index in [0.717, 1.165) is 28.6 Å². The van der Waals surface area contributed by atoms with E-state index in [1.807, 2.05) is 36.4 Å². The van der Waals surface area contributed by atoms with Crippen molar-refractivity contribution in [1.29, 1.82) is 0 Å². The number of hydrogen-bond donors (Lipinski definition) is 1. The second kappa shape index (κ2) is 5.54. The maximum absolute atomic E-state index is 12.4. The number of thiazole rings is 1. The number of aryl methyl sites for hydroxylation is 2. The van der Waals surface area contributed by atoms with Crippen LogP contribution in [0.2, 0.25) is 0 Å². The lowest BCUT2D eigenvalue weighted by Crippen LogP contribution is -2.13. The van der Waals surface area contributed by atoms with Crippen molar-refractivity contribution < 1.29 is 4.79 Å². The Bertz CT molecular complexity index is 820. The van der Waals surface area contributed by atoms with Gasteiger partial charge in [0.1, 0.15) is 0 Å². The monoisotopic (exact) mass is 308 g/mol. The molecule has 0 radical (unpaired) electrons. The molecule has 1 amide bonds. The number of benzene rings is 2. The predicted octanol–water partition coefficient (Wildman–Crippen LogP) is 4.43. The molecule has 1 aliphatic carbocycles. The summed E-state index contributed by atoms with van der Waals surface area (Å²) >= 11 is 1.51. The Hall–Kier alpha value is -2.20. The van der Waals surface area contributed by atoms with Crippen LogP contribution < -0.4 is 5.32 Å². The first-order valence-electron chi connectivity index (χ1n) is 7.58. The van der Waals surface area contributed by atoms with Crippen LogP contribution in [0.3, 0.4) is 0 Å². The van der Waals surface area contributed by atoms with Gasteiger partial charge in [-0.2, -0.15) is 0 Å². The van der Waals surface area contributed by atoms with Gasteiger partial charge in [-0.15, -0.1) is 0 Å². The zero-order valence-electron chi connectivity index (χ0n) is 12.1. The number of hydrogen-bond acceptors (Lipinski definition) is 3. The Morgan fingerprint density at radius 3 is 2.73 bits per heavy atom. The summed E-state index contributed by atoms with van der Waals surface area (Å²) in [4.78, 5) is 16.9. The van der Waals surface area contributed by atoms with Crippen molar-refractivity contribution in [2.24, 2.45) is 0 Å². The second-order valence-electron chi connectivity index (χ2n) is 5.63. The van der Waals surface area contributed by atoms with E-state index in [2.05, 4.69) is 16.4 Å². The molecular weight excluding hydrogens is 292 g/mol. The van der Waals surface area contributed by atoms with Crippen LogP contribution in [-0.4, -0.2) is 10.9 Å². The molecule has 0 fully saturated rings. The third kappa shape index (κ3) is 2.50. The number of nitrogens with zero attached hydrogens (tertiary/aromatic N) is 1. The lowest BCUT2D eigenvalue weighted by molar-refractivity contribution is 0.102. The molecule has 0 unspecified atom stereocenters. The van der Waals surface area contributed by atoms with Crippen LogP contribution in [0.15, 0.2) is 42.5 Å². The van der Waals surface area contributed by atoms with Gasteiger partial charge in [0.25, 0.3) is 5.91 Å². The third-order valence-electron chi connectivity index (χ3n) is 4.13. The number of carbonyl (C=O) groups excluding carboxylic acids is 1. The Kier molecular flexibility index (Phi) is 3.39. The molecular formula is C18H16N2OS. The average Bonchev–Trinajstić information content (AvgIpc) is 2.96. The number of amides is 1. The number of nitrogens with one attached hydrogen (secondary N) is 1. The number of fused-ring (bicyclic) bond motifs is 2. The molecule has 2 aromatic carbocycles. The number of rotatable bonds is 2. The minimum absolute atomic E-state index is 0.0765. The lowest BCUT2D eigenvalue weighted by Gasteiger charge is -2.16. The fourth-order valence-electron chi connectivity index (χ4n) is 2.97. The zero-order chi connectivity index (χ0) is 14.9. The van der Waals surface area contributed by atoms with Gasteiger partial charge in [-0.3, -0.25) is 10.1 Å². The van der Waals surface area contributed by atoms with E-state index in [0.29, 0.717) is 5.13 Å². The molecule has 4 heteroatoms. The van der Waals surface area contributed by atoms with E-state index in [1.54, 1.807) is 0 Å². The minimum atomic E-state index is -0.0765. The molecule has 1 aromatic heterocycles. The van der Waals surface area contributed by atoms with Gasteiger partial charge in [-0.25, -0.2) is 4.98 Å². The van der Waals surface area contributed by atoms with Gasteiger partial charge in [-0.1, -0.05) is 29.5 Å². The normalized spacial score (nSPS) is 13.8. The molecule has 0 bridgehead atoms. The van der Waals surface area contributed by atoms with E-state index in [-0.39, 0.29) is 5.91 Å². The zero-order valence-corrected chi connectivity index (χ0v) is 13.0. The van der Waals surface area contributed by atoms with Crippen LogP contribution in [0.4, 0.5) is 5.13 Å². The smallest absolute Gasteiger partial charge is 0.257 e. The number of aromatic nitrogens is 1. The summed E-state index contributed by atoms with van der Waals surface area (Å²) in [5, 5.41) is 3.58. The van der Waals surface area contributed by atoms with Crippen molar-refractivity contribution in [2.75, 3.05) is 5.32 Å². The quantitative estimate of drug-likeness (QED) is 0.761. The molecule has 110 valence electrons. The van der Waals surface area contributed by atoms with Crippen molar-refractivity contribution in [3.8, 4) is 0 Å². The fourth-order valence-corrected chi connectivity index (χ4v) is 3.83. The molecule has 1 aliphatic rings. The Morgan fingerprint density at radius 2 is 1.86 bits per heavy atom. The molecule has 1 N–H and O–H groups in total. The molecule has 3 aromatic rings. The van der Waals surface area contributed by atoms with Crippen LogP contribution >= 0.6 is 11.3 Å². The lowest BCUT2D eigenvalue weighted by atomic mass is 9.90.